The predicted molar refractivity (Wildman–Crippen MR) is 78.9 cm³/mol. The van der Waals surface area contributed by atoms with Crippen molar-refractivity contribution in [1.29, 1.82) is 0 Å². The van der Waals surface area contributed by atoms with Crippen LogP contribution in [0.1, 0.15) is 84.5 Å². The molecule has 0 aliphatic carbocycles. The van der Waals surface area contributed by atoms with Crippen LogP contribution in [0.5, 0.6) is 0 Å². The quantitative estimate of drug-likeness (QED) is 0.293. The zero-order chi connectivity index (χ0) is 13.3. The number of rotatable bonds is 15. The molecule has 0 amide bonds. The lowest BCUT2D eigenvalue weighted by Crippen LogP contribution is -2.02. The van der Waals surface area contributed by atoms with Gasteiger partial charge < -0.3 is 9.47 Å². The highest BCUT2D eigenvalue weighted by Gasteiger charge is 1.93. The van der Waals surface area contributed by atoms with Gasteiger partial charge in [-0.1, -0.05) is 71.6 Å². The van der Waals surface area contributed by atoms with Crippen LogP contribution in [0.15, 0.2) is 0 Å². The minimum absolute atomic E-state index is 0.477. The summed E-state index contributed by atoms with van der Waals surface area (Å²) >= 11 is 0. The summed E-state index contributed by atoms with van der Waals surface area (Å²) in [5.74, 6) is 0. The molecule has 0 saturated carbocycles. The maximum atomic E-state index is 5.39. The summed E-state index contributed by atoms with van der Waals surface area (Å²) in [6, 6.07) is 0. The molecule has 0 rings (SSSR count). The van der Waals surface area contributed by atoms with Gasteiger partial charge in [0.05, 0.1) is 0 Å². The second-order valence-corrected chi connectivity index (χ2v) is 5.12. The zero-order valence-electron chi connectivity index (χ0n) is 12.7. The van der Waals surface area contributed by atoms with E-state index in [-0.39, 0.29) is 0 Å². The largest absolute Gasteiger partial charge is 0.355 e. The second kappa shape index (κ2) is 16.9. The molecule has 0 radical (unpaired) electrons. The van der Waals surface area contributed by atoms with Gasteiger partial charge in [-0.2, -0.15) is 0 Å². The van der Waals surface area contributed by atoms with E-state index < -0.39 is 0 Å². The summed E-state index contributed by atoms with van der Waals surface area (Å²) in [4.78, 5) is 0. The van der Waals surface area contributed by atoms with Crippen molar-refractivity contribution in [3.63, 3.8) is 0 Å². The van der Waals surface area contributed by atoms with Gasteiger partial charge in [0.2, 0.25) is 0 Å². The van der Waals surface area contributed by atoms with Crippen molar-refractivity contribution in [3.05, 3.63) is 0 Å². The Morgan fingerprint density at radius 3 is 1.56 bits per heavy atom. The lowest BCUT2D eigenvalue weighted by Gasteiger charge is -2.05. The molecule has 2 nitrogen and oxygen atoms in total. The molecule has 0 aromatic carbocycles. The molecule has 110 valence electrons. The van der Waals surface area contributed by atoms with Crippen molar-refractivity contribution in [2.24, 2.45) is 0 Å². The van der Waals surface area contributed by atoms with Gasteiger partial charge in [0.1, 0.15) is 6.79 Å². The van der Waals surface area contributed by atoms with Crippen molar-refractivity contribution in [2.45, 2.75) is 84.5 Å². The fourth-order valence-corrected chi connectivity index (χ4v) is 2.01. The molecule has 0 spiro atoms. The predicted octanol–water partition coefficient (Wildman–Crippen LogP) is 5.31. The van der Waals surface area contributed by atoms with Crippen molar-refractivity contribution >= 4 is 0 Å². The van der Waals surface area contributed by atoms with Crippen LogP contribution in [0.2, 0.25) is 0 Å². The van der Waals surface area contributed by atoms with Crippen molar-refractivity contribution in [1.82, 2.24) is 0 Å². The third-order valence-electron chi connectivity index (χ3n) is 3.16. The fraction of sp³-hybridized carbons (Fsp3) is 1.00. The van der Waals surface area contributed by atoms with Gasteiger partial charge in [-0.25, -0.2) is 0 Å². The first-order chi connectivity index (χ1) is 8.91. The molecule has 0 fully saturated rings. The topological polar surface area (TPSA) is 18.5 Å². The Morgan fingerprint density at radius 2 is 1.00 bits per heavy atom. The molecular formula is C16H34O2. The number of hydrogen-bond acceptors (Lipinski definition) is 2. The first-order valence-electron chi connectivity index (χ1n) is 8.07. The van der Waals surface area contributed by atoms with E-state index in [1.807, 2.05) is 0 Å². The average molecular weight is 258 g/mol. The monoisotopic (exact) mass is 258 g/mol. The highest BCUT2D eigenvalue weighted by Crippen LogP contribution is 2.10. The normalized spacial score (nSPS) is 11.0. The van der Waals surface area contributed by atoms with Gasteiger partial charge in [-0.15, -0.1) is 0 Å². The average Bonchev–Trinajstić information content (AvgIpc) is 2.39. The first-order valence-corrected chi connectivity index (χ1v) is 8.07. The van der Waals surface area contributed by atoms with Crippen LogP contribution >= 0.6 is 0 Å². The molecular weight excluding hydrogens is 224 g/mol. The Morgan fingerprint density at radius 1 is 0.500 bits per heavy atom. The zero-order valence-corrected chi connectivity index (χ0v) is 12.7. The van der Waals surface area contributed by atoms with Gasteiger partial charge in [-0.3, -0.25) is 0 Å². The SMILES string of the molecule is CCCCCCCCCCCCOCOCCC. The first kappa shape index (κ1) is 17.9. The van der Waals surface area contributed by atoms with Crippen LogP contribution in [0.3, 0.4) is 0 Å². The minimum Gasteiger partial charge on any atom is -0.355 e. The molecule has 0 aromatic rings. The summed E-state index contributed by atoms with van der Waals surface area (Å²) in [5.41, 5.74) is 0. The Kier molecular flexibility index (Phi) is 16.8. The van der Waals surface area contributed by atoms with Gasteiger partial charge in [0.15, 0.2) is 0 Å². The Hall–Kier alpha value is -0.0800. The third-order valence-corrected chi connectivity index (χ3v) is 3.16. The van der Waals surface area contributed by atoms with E-state index in [2.05, 4.69) is 13.8 Å². The van der Waals surface area contributed by atoms with Gasteiger partial charge in [0.25, 0.3) is 0 Å². The number of hydrogen-bond donors (Lipinski definition) is 0. The third kappa shape index (κ3) is 15.9. The maximum absolute atomic E-state index is 5.39. The summed E-state index contributed by atoms with van der Waals surface area (Å²) < 4.78 is 10.6. The van der Waals surface area contributed by atoms with E-state index in [9.17, 15) is 0 Å². The Labute approximate surface area is 114 Å². The summed E-state index contributed by atoms with van der Waals surface area (Å²) in [5, 5.41) is 0. The van der Waals surface area contributed by atoms with Crippen LogP contribution in [0.25, 0.3) is 0 Å². The fourth-order valence-electron chi connectivity index (χ4n) is 2.01. The Balaban J connectivity index is 2.86. The molecule has 0 aromatic heterocycles. The highest BCUT2D eigenvalue weighted by molar-refractivity contribution is 4.47. The molecule has 0 atom stereocenters. The molecule has 0 bridgehead atoms. The highest BCUT2D eigenvalue weighted by atomic mass is 16.7. The maximum Gasteiger partial charge on any atom is 0.146 e. The van der Waals surface area contributed by atoms with Crippen LogP contribution in [0.4, 0.5) is 0 Å². The summed E-state index contributed by atoms with van der Waals surface area (Å²) in [6.07, 6.45) is 14.8. The van der Waals surface area contributed by atoms with E-state index in [4.69, 9.17) is 9.47 Å². The Bertz CT molecular complexity index is 121. The van der Waals surface area contributed by atoms with Crippen molar-refractivity contribution in [2.75, 3.05) is 20.0 Å². The molecule has 0 aliphatic rings. The summed E-state index contributed by atoms with van der Waals surface area (Å²) in [7, 11) is 0. The molecule has 0 aliphatic heterocycles. The van der Waals surface area contributed by atoms with E-state index in [1.54, 1.807) is 0 Å². The molecule has 0 saturated heterocycles. The van der Waals surface area contributed by atoms with Crippen LogP contribution in [0, 0.1) is 0 Å². The van der Waals surface area contributed by atoms with Crippen LogP contribution in [-0.4, -0.2) is 20.0 Å². The number of unbranched alkanes of at least 4 members (excludes halogenated alkanes) is 9. The van der Waals surface area contributed by atoms with E-state index >= 15 is 0 Å². The van der Waals surface area contributed by atoms with Crippen molar-refractivity contribution in [3.8, 4) is 0 Å². The van der Waals surface area contributed by atoms with E-state index in [0.29, 0.717) is 6.79 Å². The second-order valence-electron chi connectivity index (χ2n) is 5.12. The minimum atomic E-state index is 0.477. The lowest BCUT2D eigenvalue weighted by molar-refractivity contribution is -0.0543. The van der Waals surface area contributed by atoms with Crippen LogP contribution < -0.4 is 0 Å². The molecule has 0 unspecified atom stereocenters. The molecule has 2 heteroatoms. The van der Waals surface area contributed by atoms with Crippen LogP contribution in [-0.2, 0) is 9.47 Å². The van der Waals surface area contributed by atoms with E-state index in [0.717, 1.165) is 19.6 Å². The van der Waals surface area contributed by atoms with Gasteiger partial charge >= 0.3 is 0 Å². The summed E-state index contributed by atoms with van der Waals surface area (Å²) in [6.45, 7) is 6.54. The molecule has 0 heterocycles. The standard InChI is InChI=1S/C16H34O2/c1-3-5-6-7-8-9-10-11-12-13-15-18-16-17-14-4-2/h3-16H2,1-2H3. The van der Waals surface area contributed by atoms with E-state index in [1.165, 1.54) is 64.2 Å². The van der Waals surface area contributed by atoms with Gasteiger partial charge in [0, 0.05) is 13.2 Å². The lowest BCUT2D eigenvalue weighted by atomic mass is 10.1. The molecule has 18 heavy (non-hydrogen) atoms. The van der Waals surface area contributed by atoms with Gasteiger partial charge in [-0.05, 0) is 12.8 Å². The van der Waals surface area contributed by atoms with Crippen molar-refractivity contribution < 1.29 is 9.47 Å². The number of ether oxygens (including phenoxy) is 2. The molecule has 0 N–H and O–H groups in total. The smallest absolute Gasteiger partial charge is 0.146 e.